The van der Waals surface area contributed by atoms with Gasteiger partial charge in [-0.3, -0.25) is 4.79 Å². The summed E-state index contributed by atoms with van der Waals surface area (Å²) in [7, 11) is 0. The number of hydrogen-bond acceptors (Lipinski definition) is 2. The molecule has 2 nitrogen and oxygen atoms in total. The van der Waals surface area contributed by atoms with Crippen molar-refractivity contribution in [2.24, 2.45) is 0 Å². The van der Waals surface area contributed by atoms with Crippen molar-refractivity contribution in [1.29, 1.82) is 0 Å². The highest BCUT2D eigenvalue weighted by molar-refractivity contribution is 5.99. The molecule has 0 aliphatic heterocycles. The van der Waals surface area contributed by atoms with Gasteiger partial charge in [-0.15, -0.1) is 0 Å². The van der Waals surface area contributed by atoms with Gasteiger partial charge in [0.1, 0.15) is 6.10 Å². The zero-order valence-electron chi connectivity index (χ0n) is 9.93. The van der Waals surface area contributed by atoms with E-state index in [1.165, 1.54) is 6.92 Å². The number of ketones is 1. The monoisotopic (exact) mass is 282 g/mol. The molecule has 0 aliphatic carbocycles. The third-order valence-electron chi connectivity index (χ3n) is 2.33. The lowest BCUT2D eigenvalue weighted by molar-refractivity contribution is -0.146. The van der Waals surface area contributed by atoms with Gasteiger partial charge in [-0.2, -0.15) is 13.2 Å². The SMILES string of the molecule is CC(OCCC(F)(F)F)C(=O)c1ccc(F)c(F)c1. The Morgan fingerprint density at radius 2 is 1.89 bits per heavy atom. The van der Waals surface area contributed by atoms with Gasteiger partial charge in [-0.05, 0) is 25.1 Å². The quantitative estimate of drug-likeness (QED) is 0.610. The fourth-order valence-corrected chi connectivity index (χ4v) is 1.31. The molecule has 0 saturated carbocycles. The van der Waals surface area contributed by atoms with Crippen molar-refractivity contribution in [3.8, 4) is 0 Å². The minimum absolute atomic E-state index is 0.154. The number of ether oxygens (including phenoxy) is 1. The Morgan fingerprint density at radius 3 is 2.42 bits per heavy atom. The minimum atomic E-state index is -4.37. The molecule has 1 aromatic carbocycles. The topological polar surface area (TPSA) is 26.3 Å². The number of carbonyl (C=O) groups excluding carboxylic acids is 1. The van der Waals surface area contributed by atoms with Gasteiger partial charge < -0.3 is 4.74 Å². The van der Waals surface area contributed by atoms with Crippen LogP contribution in [0.5, 0.6) is 0 Å². The Hall–Kier alpha value is -1.50. The molecule has 106 valence electrons. The second-order valence-corrected chi connectivity index (χ2v) is 3.87. The van der Waals surface area contributed by atoms with Gasteiger partial charge in [0.25, 0.3) is 0 Å². The van der Waals surface area contributed by atoms with Gasteiger partial charge in [0.05, 0.1) is 13.0 Å². The van der Waals surface area contributed by atoms with Crippen LogP contribution in [-0.4, -0.2) is 24.7 Å². The fraction of sp³-hybridized carbons (Fsp3) is 0.417. The number of benzene rings is 1. The van der Waals surface area contributed by atoms with E-state index in [0.717, 1.165) is 12.1 Å². The minimum Gasteiger partial charge on any atom is -0.370 e. The normalized spacial score (nSPS) is 13.4. The van der Waals surface area contributed by atoms with Crippen LogP contribution >= 0.6 is 0 Å². The first-order chi connectivity index (χ1) is 8.70. The van der Waals surface area contributed by atoms with Gasteiger partial charge in [0, 0.05) is 5.56 Å². The molecule has 7 heteroatoms. The van der Waals surface area contributed by atoms with Crippen molar-refractivity contribution < 1.29 is 31.5 Å². The summed E-state index contributed by atoms with van der Waals surface area (Å²) in [5.41, 5.74) is -0.154. The van der Waals surface area contributed by atoms with Gasteiger partial charge in [-0.25, -0.2) is 8.78 Å². The van der Waals surface area contributed by atoms with E-state index in [2.05, 4.69) is 0 Å². The van der Waals surface area contributed by atoms with Gasteiger partial charge in [0.15, 0.2) is 17.4 Å². The van der Waals surface area contributed by atoms with E-state index in [0.29, 0.717) is 6.07 Å². The summed E-state index contributed by atoms with van der Waals surface area (Å²) in [6, 6.07) is 2.50. The molecule has 0 aliphatic rings. The maximum Gasteiger partial charge on any atom is 0.391 e. The average molecular weight is 282 g/mol. The predicted molar refractivity (Wildman–Crippen MR) is 56.8 cm³/mol. The van der Waals surface area contributed by atoms with Crippen LogP contribution < -0.4 is 0 Å². The van der Waals surface area contributed by atoms with Crippen molar-refractivity contribution >= 4 is 5.78 Å². The van der Waals surface area contributed by atoms with E-state index in [9.17, 15) is 26.7 Å². The van der Waals surface area contributed by atoms with Crippen LogP contribution in [-0.2, 0) is 4.74 Å². The maximum atomic E-state index is 12.9. The fourth-order valence-electron chi connectivity index (χ4n) is 1.31. The summed E-state index contributed by atoms with van der Waals surface area (Å²) in [6.07, 6.45) is -6.71. The van der Waals surface area contributed by atoms with Crippen molar-refractivity contribution in [3.63, 3.8) is 0 Å². The molecule has 0 bridgehead atoms. The first-order valence-corrected chi connectivity index (χ1v) is 5.38. The van der Waals surface area contributed by atoms with E-state index in [-0.39, 0.29) is 5.56 Å². The summed E-state index contributed by atoms with van der Waals surface area (Å²) < 4.78 is 65.9. The third kappa shape index (κ3) is 4.94. The molecule has 0 fully saturated rings. The Kier molecular flexibility index (Phi) is 4.99. The number of hydrogen-bond donors (Lipinski definition) is 0. The van der Waals surface area contributed by atoms with Gasteiger partial charge >= 0.3 is 6.18 Å². The molecule has 0 N–H and O–H groups in total. The summed E-state index contributed by atoms with van der Waals surface area (Å²) in [5.74, 6) is -3.02. The molecule has 0 spiro atoms. The van der Waals surface area contributed by atoms with Crippen LogP contribution in [0.25, 0.3) is 0 Å². The lowest BCUT2D eigenvalue weighted by atomic mass is 10.1. The standard InChI is InChI=1S/C12H11F5O2/c1-7(19-5-4-12(15,16)17)11(18)8-2-3-9(13)10(14)6-8/h2-3,6-7H,4-5H2,1H3. The molecule has 0 amide bonds. The molecule has 1 unspecified atom stereocenters. The molecule has 1 aromatic rings. The second-order valence-electron chi connectivity index (χ2n) is 3.87. The van der Waals surface area contributed by atoms with E-state index in [1.54, 1.807) is 0 Å². The Morgan fingerprint density at radius 1 is 1.26 bits per heavy atom. The Bertz CT molecular complexity index is 456. The van der Waals surface area contributed by atoms with Crippen LogP contribution in [0.2, 0.25) is 0 Å². The molecular formula is C12H11F5O2. The molecule has 1 atom stereocenters. The molecule has 0 aromatic heterocycles. The van der Waals surface area contributed by atoms with Crippen LogP contribution in [0, 0.1) is 11.6 Å². The Balaban J connectivity index is 2.59. The lowest BCUT2D eigenvalue weighted by Gasteiger charge is -2.13. The molecule has 19 heavy (non-hydrogen) atoms. The van der Waals surface area contributed by atoms with Crippen LogP contribution in [0.3, 0.4) is 0 Å². The zero-order valence-corrected chi connectivity index (χ0v) is 9.93. The molecular weight excluding hydrogens is 271 g/mol. The third-order valence-corrected chi connectivity index (χ3v) is 2.33. The van der Waals surface area contributed by atoms with E-state index >= 15 is 0 Å². The number of rotatable bonds is 5. The summed E-state index contributed by atoms with van der Waals surface area (Å²) in [5, 5.41) is 0. The van der Waals surface area contributed by atoms with Crippen LogP contribution in [0.4, 0.5) is 22.0 Å². The van der Waals surface area contributed by atoms with Gasteiger partial charge in [-0.1, -0.05) is 0 Å². The zero-order chi connectivity index (χ0) is 14.6. The summed E-state index contributed by atoms with van der Waals surface area (Å²) in [4.78, 5) is 11.7. The molecule has 0 saturated heterocycles. The first kappa shape index (κ1) is 15.6. The maximum absolute atomic E-state index is 12.9. The smallest absolute Gasteiger partial charge is 0.370 e. The van der Waals surface area contributed by atoms with E-state index in [1.807, 2.05) is 0 Å². The van der Waals surface area contributed by atoms with Gasteiger partial charge in [0.2, 0.25) is 0 Å². The number of carbonyl (C=O) groups is 1. The first-order valence-electron chi connectivity index (χ1n) is 5.38. The summed E-state index contributed by atoms with van der Waals surface area (Å²) in [6.45, 7) is 0.583. The number of Topliss-reactive ketones (excluding diaryl/α,β-unsaturated/α-hetero) is 1. The van der Waals surface area contributed by atoms with Crippen LogP contribution in [0.15, 0.2) is 18.2 Å². The highest BCUT2D eigenvalue weighted by Crippen LogP contribution is 2.20. The Labute approximate surface area is 106 Å². The van der Waals surface area contributed by atoms with Crippen molar-refractivity contribution in [3.05, 3.63) is 35.4 Å². The lowest BCUT2D eigenvalue weighted by Crippen LogP contribution is -2.23. The molecule has 0 radical (unpaired) electrons. The second kappa shape index (κ2) is 6.10. The number of alkyl halides is 3. The van der Waals surface area contributed by atoms with Crippen molar-refractivity contribution in [2.45, 2.75) is 25.6 Å². The average Bonchev–Trinajstić information content (AvgIpc) is 2.30. The molecule has 0 heterocycles. The highest BCUT2D eigenvalue weighted by atomic mass is 19.4. The number of halogens is 5. The van der Waals surface area contributed by atoms with E-state index < -0.39 is 42.7 Å². The highest BCUT2D eigenvalue weighted by Gasteiger charge is 2.27. The van der Waals surface area contributed by atoms with E-state index in [4.69, 9.17) is 4.74 Å². The van der Waals surface area contributed by atoms with Crippen molar-refractivity contribution in [1.82, 2.24) is 0 Å². The largest absolute Gasteiger partial charge is 0.391 e. The van der Waals surface area contributed by atoms with Crippen molar-refractivity contribution in [2.75, 3.05) is 6.61 Å². The summed E-state index contributed by atoms with van der Waals surface area (Å²) >= 11 is 0. The van der Waals surface area contributed by atoms with Crippen LogP contribution in [0.1, 0.15) is 23.7 Å². The molecule has 1 rings (SSSR count). The predicted octanol–water partition coefficient (Wildman–Crippen LogP) is 3.51.